The molecule has 21 heavy (non-hydrogen) atoms. The number of hydrogen-bond acceptors (Lipinski definition) is 4. The third kappa shape index (κ3) is 3.49. The Kier molecular flexibility index (Phi) is 4.75. The van der Waals surface area contributed by atoms with Crippen LogP contribution in [0.5, 0.6) is 0 Å². The third-order valence-electron chi connectivity index (χ3n) is 3.39. The van der Waals surface area contributed by atoms with Crippen LogP contribution in [0.25, 0.3) is 0 Å². The molecule has 1 aromatic carbocycles. The maximum atomic E-state index is 12.4. The van der Waals surface area contributed by atoms with E-state index < -0.39 is 0 Å². The van der Waals surface area contributed by atoms with Crippen molar-refractivity contribution < 1.29 is 4.79 Å². The summed E-state index contributed by atoms with van der Waals surface area (Å²) in [5, 5.41) is 11.4. The molecule has 2 aromatic rings. The average molecular weight is 305 g/mol. The van der Waals surface area contributed by atoms with E-state index in [1.807, 2.05) is 31.2 Å². The summed E-state index contributed by atoms with van der Waals surface area (Å²) in [7, 11) is 3.50. The first kappa shape index (κ1) is 15.3. The fourth-order valence-corrected chi connectivity index (χ4v) is 2.03. The summed E-state index contributed by atoms with van der Waals surface area (Å²) in [6, 6.07) is 10.7. The summed E-state index contributed by atoms with van der Waals surface area (Å²) in [4.78, 5) is 14.0. The summed E-state index contributed by atoms with van der Waals surface area (Å²) >= 11 is 5.88. The number of nitrogens with one attached hydrogen (secondary N) is 1. The molecule has 2 rings (SSSR count). The number of hydrogen-bond donors (Lipinski definition) is 1. The van der Waals surface area contributed by atoms with Crippen molar-refractivity contribution in [2.24, 2.45) is 0 Å². The number of benzene rings is 1. The van der Waals surface area contributed by atoms with Gasteiger partial charge >= 0.3 is 0 Å². The summed E-state index contributed by atoms with van der Waals surface area (Å²) in [5.41, 5.74) is 1.33. The number of anilines is 1. The van der Waals surface area contributed by atoms with Crippen molar-refractivity contribution in [1.29, 1.82) is 0 Å². The van der Waals surface area contributed by atoms with Gasteiger partial charge in [-0.3, -0.25) is 4.79 Å². The number of carbonyl (C=O) groups excluding carboxylic acids is 1. The predicted octanol–water partition coefficient (Wildman–Crippen LogP) is 3.00. The molecule has 5 nitrogen and oxygen atoms in total. The highest BCUT2D eigenvalue weighted by atomic mass is 35.5. The van der Waals surface area contributed by atoms with Gasteiger partial charge in [0.25, 0.3) is 5.91 Å². The molecule has 0 spiro atoms. The van der Waals surface area contributed by atoms with Crippen molar-refractivity contribution in [3.8, 4) is 0 Å². The monoisotopic (exact) mass is 304 g/mol. The van der Waals surface area contributed by atoms with Gasteiger partial charge in [0.05, 0.1) is 6.04 Å². The van der Waals surface area contributed by atoms with Gasteiger partial charge in [0.2, 0.25) is 0 Å². The van der Waals surface area contributed by atoms with Gasteiger partial charge in [0.1, 0.15) is 5.82 Å². The van der Waals surface area contributed by atoms with Gasteiger partial charge in [0, 0.05) is 19.1 Å². The van der Waals surface area contributed by atoms with Crippen LogP contribution in [0.4, 0.5) is 5.82 Å². The van der Waals surface area contributed by atoms with Gasteiger partial charge in [-0.05, 0) is 36.8 Å². The predicted molar refractivity (Wildman–Crippen MR) is 83.5 cm³/mol. The highest BCUT2D eigenvalue weighted by Gasteiger charge is 2.20. The maximum Gasteiger partial charge on any atom is 0.274 e. The van der Waals surface area contributed by atoms with E-state index in [-0.39, 0.29) is 11.9 Å². The minimum absolute atomic E-state index is 0.0828. The van der Waals surface area contributed by atoms with Gasteiger partial charge in [-0.2, -0.15) is 0 Å². The van der Waals surface area contributed by atoms with Crippen molar-refractivity contribution >= 4 is 23.3 Å². The highest BCUT2D eigenvalue weighted by Crippen LogP contribution is 2.22. The Labute approximate surface area is 128 Å². The van der Waals surface area contributed by atoms with Crippen LogP contribution in [0.1, 0.15) is 29.0 Å². The van der Waals surface area contributed by atoms with Gasteiger partial charge in [0.15, 0.2) is 5.69 Å². The van der Waals surface area contributed by atoms with Crippen LogP contribution in [-0.2, 0) is 0 Å². The highest BCUT2D eigenvalue weighted by molar-refractivity contribution is 6.30. The molecule has 1 aromatic heterocycles. The van der Waals surface area contributed by atoms with Crippen LogP contribution in [-0.4, -0.2) is 35.1 Å². The first-order valence-electron chi connectivity index (χ1n) is 6.57. The molecule has 0 radical (unpaired) electrons. The molecule has 0 aliphatic rings. The van der Waals surface area contributed by atoms with Crippen LogP contribution < -0.4 is 5.32 Å². The lowest BCUT2D eigenvalue weighted by Gasteiger charge is -2.25. The van der Waals surface area contributed by atoms with Crippen LogP contribution >= 0.6 is 11.6 Å². The summed E-state index contributed by atoms with van der Waals surface area (Å²) in [5.74, 6) is 0.451. The van der Waals surface area contributed by atoms with Gasteiger partial charge < -0.3 is 10.2 Å². The molecule has 0 aliphatic carbocycles. The summed E-state index contributed by atoms with van der Waals surface area (Å²) in [6.07, 6.45) is 0. The number of nitrogens with zero attached hydrogens (tertiary/aromatic N) is 3. The van der Waals surface area contributed by atoms with Gasteiger partial charge in [-0.25, -0.2) is 0 Å². The van der Waals surface area contributed by atoms with Crippen molar-refractivity contribution in [3.63, 3.8) is 0 Å². The number of amides is 1. The second kappa shape index (κ2) is 6.54. The summed E-state index contributed by atoms with van der Waals surface area (Å²) in [6.45, 7) is 1.95. The van der Waals surface area contributed by atoms with E-state index in [9.17, 15) is 4.79 Å². The number of halogens is 1. The minimum atomic E-state index is -0.174. The molecule has 1 N–H and O–H groups in total. The molecule has 6 heteroatoms. The third-order valence-corrected chi connectivity index (χ3v) is 3.65. The maximum absolute atomic E-state index is 12.4. The van der Waals surface area contributed by atoms with Crippen molar-refractivity contribution in [1.82, 2.24) is 15.1 Å². The topological polar surface area (TPSA) is 58.1 Å². The van der Waals surface area contributed by atoms with Crippen molar-refractivity contribution in [2.75, 3.05) is 19.4 Å². The van der Waals surface area contributed by atoms with E-state index in [0.29, 0.717) is 16.5 Å². The summed E-state index contributed by atoms with van der Waals surface area (Å²) < 4.78 is 0. The Hall–Kier alpha value is -2.14. The first-order valence-corrected chi connectivity index (χ1v) is 6.95. The average Bonchev–Trinajstić information content (AvgIpc) is 2.53. The van der Waals surface area contributed by atoms with E-state index >= 15 is 0 Å². The molecule has 0 fully saturated rings. The molecular formula is C15H17ClN4O. The van der Waals surface area contributed by atoms with Gasteiger partial charge in [-0.1, -0.05) is 23.7 Å². The SMILES string of the molecule is CNc1ccc(C(=O)N(C)C(C)c2ccc(Cl)cc2)nn1. The Morgan fingerprint density at radius 3 is 2.38 bits per heavy atom. The van der Waals surface area contributed by atoms with E-state index in [1.54, 1.807) is 31.1 Å². The zero-order chi connectivity index (χ0) is 15.4. The van der Waals surface area contributed by atoms with Gasteiger partial charge in [-0.15, -0.1) is 10.2 Å². The second-order valence-corrected chi connectivity index (χ2v) is 5.13. The molecule has 0 saturated carbocycles. The molecule has 1 unspecified atom stereocenters. The molecule has 1 amide bonds. The molecule has 0 aliphatic heterocycles. The van der Waals surface area contributed by atoms with Crippen LogP contribution in [0.15, 0.2) is 36.4 Å². The Morgan fingerprint density at radius 1 is 1.19 bits per heavy atom. The molecule has 110 valence electrons. The van der Waals surface area contributed by atoms with Crippen LogP contribution in [0.2, 0.25) is 5.02 Å². The van der Waals surface area contributed by atoms with E-state index in [2.05, 4.69) is 15.5 Å². The molecule has 1 heterocycles. The van der Waals surface area contributed by atoms with E-state index in [1.165, 1.54) is 0 Å². The normalized spacial score (nSPS) is 11.8. The lowest BCUT2D eigenvalue weighted by molar-refractivity contribution is 0.0735. The zero-order valence-corrected chi connectivity index (χ0v) is 12.9. The largest absolute Gasteiger partial charge is 0.372 e. The Balaban J connectivity index is 2.15. The Morgan fingerprint density at radius 2 is 1.86 bits per heavy atom. The molecule has 0 bridgehead atoms. The second-order valence-electron chi connectivity index (χ2n) is 4.70. The smallest absolute Gasteiger partial charge is 0.274 e. The first-order chi connectivity index (χ1) is 10.0. The molecule has 0 saturated heterocycles. The lowest BCUT2D eigenvalue weighted by Crippen LogP contribution is -2.30. The van der Waals surface area contributed by atoms with Crippen LogP contribution in [0, 0.1) is 0 Å². The quantitative estimate of drug-likeness (QED) is 0.943. The zero-order valence-electron chi connectivity index (χ0n) is 12.2. The Bertz CT molecular complexity index is 613. The minimum Gasteiger partial charge on any atom is -0.372 e. The lowest BCUT2D eigenvalue weighted by atomic mass is 10.1. The number of rotatable bonds is 4. The van der Waals surface area contributed by atoms with Crippen LogP contribution in [0.3, 0.4) is 0 Å². The standard InChI is InChI=1S/C15H17ClN4O/c1-10(11-4-6-12(16)7-5-11)20(3)15(21)13-8-9-14(17-2)19-18-13/h4-10H,1-3H3,(H,17,19). The number of aromatic nitrogens is 2. The van der Waals surface area contributed by atoms with Crippen molar-refractivity contribution in [2.45, 2.75) is 13.0 Å². The number of carbonyl (C=O) groups is 1. The van der Waals surface area contributed by atoms with E-state index in [4.69, 9.17) is 11.6 Å². The van der Waals surface area contributed by atoms with Crippen molar-refractivity contribution in [3.05, 3.63) is 52.7 Å². The fourth-order valence-electron chi connectivity index (χ4n) is 1.90. The molecular weight excluding hydrogens is 288 g/mol. The fraction of sp³-hybridized carbons (Fsp3) is 0.267. The molecule has 1 atom stereocenters. The van der Waals surface area contributed by atoms with E-state index in [0.717, 1.165) is 5.56 Å².